The lowest BCUT2D eigenvalue weighted by molar-refractivity contribution is -0.120. The maximum absolute atomic E-state index is 13.5. The van der Waals surface area contributed by atoms with Crippen LogP contribution in [0, 0.1) is 0 Å². The highest BCUT2D eigenvalue weighted by Gasteiger charge is 2.25. The van der Waals surface area contributed by atoms with Gasteiger partial charge in [0.15, 0.2) is 17.3 Å². The number of nitrogens with one attached hydrogen (secondary N) is 2. The molecule has 5 rings (SSSR count). The highest BCUT2D eigenvalue weighted by Crippen LogP contribution is 2.34. The minimum Gasteiger partial charge on any atom is -0.508 e. The van der Waals surface area contributed by atoms with Crippen molar-refractivity contribution in [3.05, 3.63) is 89.6 Å². The normalized spacial score (nSPS) is 13.4. The Morgan fingerprint density at radius 1 is 0.971 bits per heavy atom. The Bertz CT molecular complexity index is 1340. The SMILES string of the molecule is O=C(NC(Cc1ccc(O)cc1)C(=O)Cc1cccc2c1OCCO2)c1cccc2[nH]ccc12. The Labute approximate surface area is 196 Å². The third-order valence-corrected chi connectivity index (χ3v) is 5.92. The molecule has 0 radical (unpaired) electrons. The number of aromatic nitrogens is 1. The van der Waals surface area contributed by atoms with E-state index in [0.717, 1.165) is 22.0 Å². The molecule has 0 saturated carbocycles. The second-order valence-corrected chi connectivity index (χ2v) is 8.23. The molecule has 1 atom stereocenters. The maximum Gasteiger partial charge on any atom is 0.252 e. The number of aromatic amines is 1. The zero-order chi connectivity index (χ0) is 23.5. The maximum atomic E-state index is 13.5. The summed E-state index contributed by atoms with van der Waals surface area (Å²) in [5.41, 5.74) is 2.89. The van der Waals surface area contributed by atoms with Crippen LogP contribution in [0.2, 0.25) is 0 Å². The summed E-state index contributed by atoms with van der Waals surface area (Å²) in [6, 6.07) is 18.6. The molecule has 34 heavy (non-hydrogen) atoms. The molecule has 0 saturated heterocycles. The van der Waals surface area contributed by atoms with Gasteiger partial charge in [0.05, 0.1) is 6.04 Å². The van der Waals surface area contributed by atoms with Crippen molar-refractivity contribution in [1.82, 2.24) is 10.3 Å². The number of hydrogen-bond donors (Lipinski definition) is 3. The third-order valence-electron chi connectivity index (χ3n) is 5.92. The number of ether oxygens (including phenoxy) is 2. The molecule has 1 aliphatic rings. The first-order valence-electron chi connectivity index (χ1n) is 11.1. The van der Waals surface area contributed by atoms with Gasteiger partial charge in [-0.05, 0) is 48.4 Å². The van der Waals surface area contributed by atoms with E-state index in [1.54, 1.807) is 42.6 Å². The lowest BCUT2D eigenvalue weighted by Crippen LogP contribution is -2.43. The van der Waals surface area contributed by atoms with Gasteiger partial charge in [-0.25, -0.2) is 0 Å². The van der Waals surface area contributed by atoms with Gasteiger partial charge < -0.3 is 24.9 Å². The average molecular weight is 456 g/mol. The number of ketones is 1. The van der Waals surface area contributed by atoms with Crippen LogP contribution in [0.5, 0.6) is 17.2 Å². The van der Waals surface area contributed by atoms with Gasteiger partial charge in [0, 0.05) is 34.6 Å². The summed E-state index contributed by atoms with van der Waals surface area (Å²) in [5, 5.41) is 13.3. The molecule has 2 heterocycles. The summed E-state index contributed by atoms with van der Waals surface area (Å²) in [5.74, 6) is 0.869. The predicted molar refractivity (Wildman–Crippen MR) is 128 cm³/mol. The van der Waals surface area contributed by atoms with Gasteiger partial charge in [0.25, 0.3) is 5.91 Å². The number of fused-ring (bicyclic) bond motifs is 2. The van der Waals surface area contributed by atoms with Gasteiger partial charge in [0.1, 0.15) is 19.0 Å². The van der Waals surface area contributed by atoms with Crippen LogP contribution in [0.1, 0.15) is 21.5 Å². The minimum absolute atomic E-state index is 0.0872. The number of phenols is 1. The van der Waals surface area contributed by atoms with Gasteiger partial charge in [-0.2, -0.15) is 0 Å². The molecular formula is C27H24N2O5. The van der Waals surface area contributed by atoms with Crippen LogP contribution in [0.15, 0.2) is 72.9 Å². The van der Waals surface area contributed by atoms with Crippen molar-refractivity contribution in [3.8, 4) is 17.2 Å². The first-order chi connectivity index (χ1) is 16.6. The van der Waals surface area contributed by atoms with Gasteiger partial charge in [-0.3, -0.25) is 9.59 Å². The van der Waals surface area contributed by atoms with Crippen molar-refractivity contribution in [2.45, 2.75) is 18.9 Å². The molecule has 0 aliphatic carbocycles. The molecule has 3 N–H and O–H groups in total. The number of para-hydroxylation sites is 1. The molecule has 1 aromatic heterocycles. The number of Topliss-reactive ketones (excluding diaryl/α,β-unsaturated/α-hetero) is 1. The molecule has 4 aromatic rings. The second kappa shape index (κ2) is 9.31. The average Bonchev–Trinajstić information content (AvgIpc) is 3.34. The smallest absolute Gasteiger partial charge is 0.252 e. The van der Waals surface area contributed by atoms with Gasteiger partial charge >= 0.3 is 0 Å². The van der Waals surface area contributed by atoms with E-state index in [2.05, 4.69) is 10.3 Å². The summed E-state index contributed by atoms with van der Waals surface area (Å²) in [6.07, 6.45) is 2.16. The van der Waals surface area contributed by atoms with E-state index in [4.69, 9.17) is 9.47 Å². The summed E-state index contributed by atoms with van der Waals surface area (Å²) < 4.78 is 11.4. The van der Waals surface area contributed by atoms with E-state index in [9.17, 15) is 14.7 Å². The number of hydrogen-bond acceptors (Lipinski definition) is 5. The number of amides is 1. The number of aromatic hydroxyl groups is 1. The summed E-state index contributed by atoms with van der Waals surface area (Å²) in [7, 11) is 0. The van der Waals surface area contributed by atoms with Crippen LogP contribution in [-0.4, -0.2) is 41.0 Å². The van der Waals surface area contributed by atoms with E-state index >= 15 is 0 Å². The van der Waals surface area contributed by atoms with Crippen molar-refractivity contribution in [3.63, 3.8) is 0 Å². The fourth-order valence-corrected chi connectivity index (χ4v) is 4.22. The Kier molecular flexibility index (Phi) is 5.91. The highest BCUT2D eigenvalue weighted by atomic mass is 16.6. The van der Waals surface area contributed by atoms with E-state index in [0.29, 0.717) is 36.7 Å². The zero-order valence-corrected chi connectivity index (χ0v) is 18.4. The molecule has 3 aromatic carbocycles. The van der Waals surface area contributed by atoms with E-state index < -0.39 is 6.04 Å². The van der Waals surface area contributed by atoms with E-state index in [1.165, 1.54) is 0 Å². The Hall–Kier alpha value is -4.26. The number of carbonyl (C=O) groups is 2. The fraction of sp³-hybridized carbons (Fsp3) is 0.185. The van der Waals surface area contributed by atoms with Crippen LogP contribution in [-0.2, 0) is 17.6 Å². The van der Waals surface area contributed by atoms with Crippen molar-refractivity contribution in [1.29, 1.82) is 0 Å². The molecule has 0 bridgehead atoms. The van der Waals surface area contributed by atoms with Crippen molar-refractivity contribution in [2.24, 2.45) is 0 Å². The molecular weight excluding hydrogens is 432 g/mol. The molecule has 1 unspecified atom stereocenters. The van der Waals surface area contributed by atoms with E-state index in [-0.39, 0.29) is 23.9 Å². The number of phenolic OH excluding ortho intramolecular Hbond substituents is 1. The number of carbonyl (C=O) groups excluding carboxylic acids is 2. The summed E-state index contributed by atoms with van der Waals surface area (Å²) in [4.78, 5) is 29.8. The van der Waals surface area contributed by atoms with Gasteiger partial charge in [0.2, 0.25) is 0 Å². The van der Waals surface area contributed by atoms with Gasteiger partial charge in [-0.15, -0.1) is 0 Å². The van der Waals surface area contributed by atoms with Crippen LogP contribution in [0.3, 0.4) is 0 Å². The lowest BCUT2D eigenvalue weighted by Gasteiger charge is -2.22. The lowest BCUT2D eigenvalue weighted by atomic mass is 9.96. The second-order valence-electron chi connectivity index (χ2n) is 8.23. The van der Waals surface area contributed by atoms with Crippen LogP contribution < -0.4 is 14.8 Å². The molecule has 0 spiro atoms. The van der Waals surface area contributed by atoms with Crippen LogP contribution >= 0.6 is 0 Å². The van der Waals surface area contributed by atoms with Crippen molar-refractivity contribution in [2.75, 3.05) is 13.2 Å². The standard InChI is InChI=1S/C27H24N2O5/c30-19-9-7-17(8-10-19)15-23(29-27(32)21-4-2-5-22-20(21)11-12-28-22)24(31)16-18-3-1-6-25-26(18)34-14-13-33-25/h1-12,23,28,30H,13-16H2,(H,29,32). The summed E-state index contributed by atoms with van der Waals surface area (Å²) >= 11 is 0. The number of H-pyrrole nitrogens is 1. The van der Waals surface area contributed by atoms with Crippen LogP contribution in [0.25, 0.3) is 10.9 Å². The monoisotopic (exact) mass is 456 g/mol. The Morgan fingerprint density at radius 3 is 2.62 bits per heavy atom. The van der Waals surface area contributed by atoms with Crippen molar-refractivity contribution >= 4 is 22.6 Å². The molecule has 7 nitrogen and oxygen atoms in total. The molecule has 1 amide bonds. The Balaban J connectivity index is 1.42. The minimum atomic E-state index is -0.772. The van der Waals surface area contributed by atoms with Crippen molar-refractivity contribution < 1.29 is 24.2 Å². The zero-order valence-electron chi connectivity index (χ0n) is 18.4. The molecule has 172 valence electrons. The predicted octanol–water partition coefficient (Wildman–Crippen LogP) is 3.80. The number of benzene rings is 3. The topological polar surface area (TPSA) is 101 Å². The first-order valence-corrected chi connectivity index (χ1v) is 11.1. The third kappa shape index (κ3) is 4.45. The largest absolute Gasteiger partial charge is 0.508 e. The summed E-state index contributed by atoms with van der Waals surface area (Å²) in [6.45, 7) is 0.890. The quantitative estimate of drug-likeness (QED) is 0.393. The molecule has 7 heteroatoms. The first kappa shape index (κ1) is 21.6. The van der Waals surface area contributed by atoms with Crippen LogP contribution in [0.4, 0.5) is 0 Å². The highest BCUT2D eigenvalue weighted by molar-refractivity contribution is 6.07. The van der Waals surface area contributed by atoms with E-state index in [1.807, 2.05) is 30.3 Å². The van der Waals surface area contributed by atoms with Gasteiger partial charge in [-0.1, -0.05) is 30.3 Å². The Morgan fingerprint density at radius 2 is 1.76 bits per heavy atom. The number of rotatable bonds is 7. The molecule has 0 fully saturated rings. The molecule has 1 aliphatic heterocycles. The fourth-order valence-electron chi connectivity index (χ4n) is 4.22.